The summed E-state index contributed by atoms with van der Waals surface area (Å²) in [6, 6.07) is 24.6. The van der Waals surface area contributed by atoms with Gasteiger partial charge in [-0.2, -0.15) is 0 Å². The van der Waals surface area contributed by atoms with Gasteiger partial charge in [-0.25, -0.2) is 0 Å². The third-order valence-corrected chi connectivity index (χ3v) is 6.94. The van der Waals surface area contributed by atoms with Crippen LogP contribution in [0.2, 0.25) is 0 Å². The minimum atomic E-state index is -1.75. The zero-order valence-electron chi connectivity index (χ0n) is 16.7. The molecule has 6 rings (SSSR count). The van der Waals surface area contributed by atoms with Crippen molar-refractivity contribution in [3.8, 4) is 5.75 Å². The first-order chi connectivity index (χ1) is 15.6. The maximum Gasteiger partial charge on any atom is 0.561 e. The molecule has 0 bridgehead atoms. The summed E-state index contributed by atoms with van der Waals surface area (Å²) < 4.78 is 13.9. The molecule has 0 unspecified atom stereocenters. The highest BCUT2D eigenvalue weighted by atomic mass is 32.1. The molecule has 0 fully saturated rings. The fraction of sp³-hybridized carbons (Fsp3) is 0. The van der Waals surface area contributed by atoms with E-state index in [0.29, 0.717) is 27.8 Å². The van der Waals surface area contributed by atoms with Crippen LogP contribution >= 0.6 is 11.3 Å². The van der Waals surface area contributed by atoms with Crippen molar-refractivity contribution in [2.75, 3.05) is 0 Å². The molecule has 3 N–H and O–H groups in total. The van der Waals surface area contributed by atoms with Crippen LogP contribution < -0.4 is 15.6 Å². The standard InChI is InChI=1S/C24H16B2O5S/c27-25(28)20-13-14(12-18-15-6-1-3-10-21(15)30-23(18)20)31-26(29)19-9-5-8-17-16-7-2-4-11-22(16)32-24(17)19/h1-13,27-29H. The van der Waals surface area contributed by atoms with E-state index in [1.165, 1.54) is 6.07 Å². The summed E-state index contributed by atoms with van der Waals surface area (Å²) in [4.78, 5) is 0. The molecule has 0 radical (unpaired) electrons. The molecule has 0 saturated carbocycles. The van der Waals surface area contributed by atoms with E-state index in [2.05, 4.69) is 12.1 Å². The fourth-order valence-corrected chi connectivity index (χ4v) is 5.47. The van der Waals surface area contributed by atoms with Crippen LogP contribution in [0, 0.1) is 0 Å². The van der Waals surface area contributed by atoms with Crippen LogP contribution in [0.5, 0.6) is 5.75 Å². The van der Waals surface area contributed by atoms with E-state index in [4.69, 9.17) is 9.07 Å². The maximum atomic E-state index is 11.0. The average Bonchev–Trinajstić information content (AvgIpc) is 3.36. The molecule has 0 aliphatic rings. The molecule has 0 aliphatic carbocycles. The number of rotatable bonds is 4. The van der Waals surface area contributed by atoms with Crippen molar-refractivity contribution in [3.05, 3.63) is 78.9 Å². The topological polar surface area (TPSA) is 83.1 Å². The van der Waals surface area contributed by atoms with Gasteiger partial charge in [-0.05, 0) is 24.3 Å². The van der Waals surface area contributed by atoms with Crippen molar-refractivity contribution >= 4 is 78.6 Å². The van der Waals surface area contributed by atoms with Crippen molar-refractivity contribution in [2.45, 2.75) is 0 Å². The van der Waals surface area contributed by atoms with Gasteiger partial charge in [0.25, 0.3) is 0 Å². The van der Waals surface area contributed by atoms with Crippen LogP contribution in [0.1, 0.15) is 0 Å². The van der Waals surface area contributed by atoms with Crippen LogP contribution in [-0.2, 0) is 0 Å². The Kier molecular flexibility index (Phi) is 4.48. The van der Waals surface area contributed by atoms with Crippen molar-refractivity contribution in [1.29, 1.82) is 0 Å². The summed E-state index contributed by atoms with van der Waals surface area (Å²) in [5.41, 5.74) is 1.86. The molecular formula is C24H16B2O5S. The summed E-state index contributed by atoms with van der Waals surface area (Å²) in [7, 11) is -2.98. The smallest absolute Gasteiger partial charge is 0.532 e. The highest BCUT2D eigenvalue weighted by Crippen LogP contribution is 2.33. The van der Waals surface area contributed by atoms with E-state index in [1.807, 2.05) is 54.6 Å². The molecule has 4 aromatic carbocycles. The van der Waals surface area contributed by atoms with Crippen molar-refractivity contribution in [3.63, 3.8) is 0 Å². The lowest BCUT2D eigenvalue weighted by Crippen LogP contribution is -2.37. The molecule has 32 heavy (non-hydrogen) atoms. The number of hydrogen-bond acceptors (Lipinski definition) is 6. The Morgan fingerprint density at radius 3 is 2.31 bits per heavy atom. The monoisotopic (exact) mass is 438 g/mol. The normalized spacial score (nSPS) is 11.6. The highest BCUT2D eigenvalue weighted by Gasteiger charge is 2.26. The van der Waals surface area contributed by atoms with Gasteiger partial charge in [-0.1, -0.05) is 54.6 Å². The Morgan fingerprint density at radius 1 is 0.719 bits per heavy atom. The van der Waals surface area contributed by atoms with Crippen LogP contribution in [0.15, 0.2) is 83.3 Å². The van der Waals surface area contributed by atoms with Gasteiger partial charge < -0.3 is 24.1 Å². The van der Waals surface area contributed by atoms with Gasteiger partial charge in [0.1, 0.15) is 16.9 Å². The predicted octanol–water partition coefficient (Wildman–Crippen LogP) is 3.40. The van der Waals surface area contributed by atoms with E-state index in [-0.39, 0.29) is 5.46 Å². The summed E-state index contributed by atoms with van der Waals surface area (Å²) in [5.74, 6) is 0.317. The quantitative estimate of drug-likeness (QED) is 0.368. The number of hydrogen-bond donors (Lipinski definition) is 3. The highest BCUT2D eigenvalue weighted by molar-refractivity contribution is 7.27. The molecule has 0 saturated heterocycles. The van der Waals surface area contributed by atoms with Crippen molar-refractivity contribution < 1.29 is 24.1 Å². The largest absolute Gasteiger partial charge is 0.561 e. The lowest BCUT2D eigenvalue weighted by atomic mass is 9.77. The zero-order chi connectivity index (χ0) is 21.8. The summed E-state index contributed by atoms with van der Waals surface area (Å²) >= 11 is 1.61. The minimum Gasteiger partial charge on any atom is -0.532 e. The van der Waals surface area contributed by atoms with Gasteiger partial charge in [-0.15, -0.1) is 11.3 Å². The molecule has 8 heteroatoms. The van der Waals surface area contributed by atoms with Crippen LogP contribution in [-0.4, -0.2) is 29.3 Å². The number of furan rings is 1. The average molecular weight is 438 g/mol. The predicted molar refractivity (Wildman–Crippen MR) is 131 cm³/mol. The maximum absolute atomic E-state index is 11.0. The first-order valence-electron chi connectivity index (χ1n) is 10.2. The SMILES string of the molecule is OB(O)c1cc(OB(O)c2cccc3c2sc2ccccc23)cc2c1oc1ccccc12. The molecule has 0 atom stereocenters. The van der Waals surface area contributed by atoms with Crippen LogP contribution in [0.3, 0.4) is 0 Å². The molecule has 6 aromatic rings. The van der Waals surface area contributed by atoms with E-state index < -0.39 is 14.2 Å². The lowest BCUT2D eigenvalue weighted by Gasteiger charge is -2.13. The van der Waals surface area contributed by atoms with E-state index in [0.717, 1.165) is 25.6 Å². The first kappa shape index (κ1) is 19.4. The second kappa shape index (κ2) is 7.39. The summed E-state index contributed by atoms with van der Waals surface area (Å²) in [6.07, 6.45) is 0. The second-order valence-electron chi connectivity index (χ2n) is 7.65. The number of para-hydroxylation sites is 1. The molecule has 0 aliphatic heterocycles. The minimum absolute atomic E-state index is 0.181. The van der Waals surface area contributed by atoms with Gasteiger partial charge in [0.15, 0.2) is 0 Å². The van der Waals surface area contributed by atoms with Crippen LogP contribution in [0.4, 0.5) is 0 Å². The van der Waals surface area contributed by atoms with E-state index in [9.17, 15) is 15.1 Å². The van der Waals surface area contributed by atoms with Gasteiger partial charge in [0.2, 0.25) is 0 Å². The Labute approximate surface area is 187 Å². The van der Waals surface area contributed by atoms with Crippen molar-refractivity contribution in [1.82, 2.24) is 0 Å². The summed E-state index contributed by atoms with van der Waals surface area (Å²) in [5, 5.41) is 34.6. The molecule has 5 nitrogen and oxygen atoms in total. The van der Waals surface area contributed by atoms with Crippen molar-refractivity contribution in [2.24, 2.45) is 0 Å². The Bertz CT molecular complexity index is 1620. The third-order valence-electron chi connectivity index (χ3n) is 5.71. The Morgan fingerprint density at radius 2 is 1.47 bits per heavy atom. The lowest BCUT2D eigenvalue weighted by molar-refractivity contribution is 0.422. The number of benzene rings is 4. The molecular weight excluding hydrogens is 422 g/mol. The number of thiophene rings is 1. The third kappa shape index (κ3) is 3.00. The first-order valence-corrected chi connectivity index (χ1v) is 11.0. The number of fused-ring (bicyclic) bond motifs is 6. The van der Waals surface area contributed by atoms with Crippen LogP contribution in [0.25, 0.3) is 42.1 Å². The molecule has 2 heterocycles. The van der Waals surface area contributed by atoms with Gasteiger partial charge in [0, 0.05) is 41.9 Å². The molecule has 0 spiro atoms. The molecule has 0 amide bonds. The Balaban J connectivity index is 1.47. The van der Waals surface area contributed by atoms with E-state index >= 15 is 0 Å². The van der Waals surface area contributed by atoms with Gasteiger partial charge >= 0.3 is 14.2 Å². The van der Waals surface area contributed by atoms with Gasteiger partial charge in [0.05, 0.1) is 0 Å². The molecule has 154 valence electrons. The van der Waals surface area contributed by atoms with Gasteiger partial charge in [-0.3, -0.25) is 0 Å². The fourth-order valence-electron chi connectivity index (χ4n) is 4.24. The molecule has 2 aromatic heterocycles. The Hall–Kier alpha value is -3.29. The van der Waals surface area contributed by atoms with E-state index in [1.54, 1.807) is 17.4 Å². The zero-order valence-corrected chi connectivity index (χ0v) is 17.5. The summed E-state index contributed by atoms with van der Waals surface area (Å²) in [6.45, 7) is 0. The second-order valence-corrected chi connectivity index (χ2v) is 8.71.